The zero-order chi connectivity index (χ0) is 55.5. The maximum atomic E-state index is 14.6. The van der Waals surface area contributed by atoms with E-state index in [1.165, 1.54) is 12.0 Å². The molecule has 1 aromatic carbocycles. The zero-order valence-electron chi connectivity index (χ0n) is 46.6. The predicted molar refractivity (Wildman–Crippen MR) is 287 cm³/mol. The van der Waals surface area contributed by atoms with Gasteiger partial charge >= 0.3 is 5.97 Å². The minimum Gasteiger partial charge on any atom is -0.491 e. The third-order valence-corrected chi connectivity index (χ3v) is 16.0. The number of ether oxygens (including phenoxy) is 7. The van der Waals surface area contributed by atoms with Gasteiger partial charge in [0.05, 0.1) is 44.2 Å². The first-order valence-electron chi connectivity index (χ1n) is 27.8. The number of carbonyl (C=O) groups excluding carboxylic acids is 5. The smallest absolute Gasteiger partial charge is 0.329 e. The molecule has 1 aliphatic carbocycles. The lowest BCUT2D eigenvalue weighted by molar-refractivity contribution is -0.266. The number of aliphatic hydroxyl groups excluding tert-OH is 2. The molecule has 0 aromatic heterocycles. The number of carbonyl (C=O) groups is 5. The number of fused-ring (bicyclic) bond motifs is 3. The van der Waals surface area contributed by atoms with E-state index in [-0.39, 0.29) is 93.8 Å². The van der Waals surface area contributed by atoms with Crippen LogP contribution in [0.25, 0.3) is 0 Å². The summed E-state index contributed by atoms with van der Waals surface area (Å²) in [6.45, 7) is 13.3. The molecule has 16 heteroatoms. The lowest BCUT2D eigenvalue weighted by Crippen LogP contribution is -2.61. The Kier molecular flexibility index (Phi) is 25.2. The summed E-state index contributed by atoms with van der Waals surface area (Å²) in [6, 6.07) is 8.21. The number of nitrogens with zero attached hydrogens (tertiary/aromatic N) is 1. The number of hydrogen-bond acceptors (Lipinski definition) is 15. The molecule has 1 aromatic rings. The summed E-state index contributed by atoms with van der Waals surface area (Å²) >= 11 is 0. The Balaban J connectivity index is 1.46. The highest BCUT2D eigenvalue weighted by atomic mass is 16.6. The van der Waals surface area contributed by atoms with Crippen LogP contribution in [0.1, 0.15) is 126 Å². The van der Waals surface area contributed by atoms with E-state index < -0.39 is 77.8 Å². The van der Waals surface area contributed by atoms with E-state index in [0.717, 1.165) is 12.0 Å². The number of allylic oxidation sites excluding steroid dienone is 6. The highest BCUT2D eigenvalue weighted by Crippen LogP contribution is 2.38. The van der Waals surface area contributed by atoms with Crippen molar-refractivity contribution in [3.8, 4) is 5.75 Å². The third-order valence-electron chi connectivity index (χ3n) is 16.0. The molecule has 76 heavy (non-hydrogen) atoms. The van der Waals surface area contributed by atoms with E-state index in [0.29, 0.717) is 62.7 Å². The maximum absolute atomic E-state index is 14.6. The third kappa shape index (κ3) is 17.6. The van der Waals surface area contributed by atoms with Gasteiger partial charge in [-0.2, -0.15) is 0 Å². The molecule has 16 nitrogen and oxygen atoms in total. The Labute approximate surface area is 451 Å². The van der Waals surface area contributed by atoms with Crippen LogP contribution in [-0.4, -0.2) is 151 Å². The number of Topliss-reactive ketones (excluding diaryl/α,β-unsaturated/α-hetero) is 3. The molecule has 1 unspecified atom stereocenters. The molecule has 15 atom stereocenters. The Morgan fingerprint density at radius 2 is 1.57 bits per heavy atom. The van der Waals surface area contributed by atoms with Crippen molar-refractivity contribution in [3.63, 3.8) is 0 Å². The van der Waals surface area contributed by atoms with Crippen molar-refractivity contribution in [1.82, 2.24) is 4.90 Å². The maximum Gasteiger partial charge on any atom is 0.329 e. The molecular formula is C60H89NO15. The van der Waals surface area contributed by atoms with E-state index in [9.17, 15) is 39.3 Å². The fourth-order valence-corrected chi connectivity index (χ4v) is 11.3. The molecule has 3 fully saturated rings. The molecule has 3 heterocycles. The van der Waals surface area contributed by atoms with E-state index in [1.54, 1.807) is 34.0 Å². The molecule has 1 saturated carbocycles. The highest BCUT2D eigenvalue weighted by Gasteiger charge is 2.53. The van der Waals surface area contributed by atoms with Gasteiger partial charge in [-0.25, -0.2) is 4.79 Å². The molecule has 5 rings (SSSR count). The second-order valence-electron chi connectivity index (χ2n) is 22.0. The second-order valence-corrected chi connectivity index (χ2v) is 22.0. The van der Waals surface area contributed by atoms with E-state index in [2.05, 4.69) is 0 Å². The van der Waals surface area contributed by atoms with Gasteiger partial charge < -0.3 is 53.4 Å². The molecule has 0 radical (unpaired) electrons. The predicted octanol–water partition coefficient (Wildman–Crippen LogP) is 7.65. The van der Waals surface area contributed by atoms with Gasteiger partial charge in [-0.05, 0) is 119 Å². The fraction of sp³-hybridized carbons (Fsp3) is 0.683. The normalized spacial score (nSPS) is 36.2. The summed E-state index contributed by atoms with van der Waals surface area (Å²) in [4.78, 5) is 73.0. The van der Waals surface area contributed by atoms with E-state index >= 15 is 0 Å². The first kappa shape index (κ1) is 62.5. The molecule has 2 saturated heterocycles. The Morgan fingerprint density at radius 3 is 2.28 bits per heavy atom. The topological polar surface area (TPSA) is 214 Å². The molecule has 3 N–H and O–H groups in total. The van der Waals surface area contributed by atoms with Gasteiger partial charge in [0.2, 0.25) is 5.79 Å². The molecule has 4 aliphatic rings. The number of rotatable bonds is 13. The number of amides is 1. The summed E-state index contributed by atoms with van der Waals surface area (Å²) in [5.74, 6) is -7.51. The number of cyclic esters (lactones) is 1. The molecule has 2 bridgehead atoms. The molecule has 0 spiro atoms. The number of methoxy groups -OCH3 is 2. The SMILES string of the molecule is CO[C@@H]1C[C@H](C[C@@H](C)[C@@H]2CC(=O)[C@H](C)/C=C(\C)[C@@H](O)[C@@H](OC)C(=O)[C@H](C)C[C@H](C)/C=C/C=C/C=C(\C)C(OCCOc3ccccc3)C[C@@H]3CC[C@@H](C)[C@@](O)(O3)C(=O)C(=O)N3CCCC[C@H]3C(=O)O2)CC[C@H]1OCCO. The van der Waals surface area contributed by atoms with Gasteiger partial charge in [-0.3, -0.25) is 19.2 Å². The Morgan fingerprint density at radius 1 is 0.816 bits per heavy atom. The summed E-state index contributed by atoms with van der Waals surface area (Å²) < 4.78 is 42.3. The first-order valence-corrected chi connectivity index (χ1v) is 27.8. The van der Waals surface area contributed by atoms with Gasteiger partial charge in [0, 0.05) is 51.4 Å². The van der Waals surface area contributed by atoms with Crippen LogP contribution in [0.3, 0.4) is 0 Å². The Hall–Kier alpha value is -4.39. The van der Waals surface area contributed by atoms with Gasteiger partial charge in [-0.1, -0.05) is 89.3 Å². The van der Waals surface area contributed by atoms with Crippen molar-refractivity contribution in [2.75, 3.05) is 47.2 Å². The number of piperidine rings is 1. The number of para-hydroxylation sites is 1. The molecule has 3 aliphatic heterocycles. The van der Waals surface area contributed by atoms with Crippen LogP contribution in [-0.2, 0) is 52.4 Å². The van der Waals surface area contributed by atoms with Crippen LogP contribution >= 0.6 is 0 Å². The van der Waals surface area contributed by atoms with Gasteiger partial charge in [0.15, 0.2) is 5.78 Å². The average molecular weight is 1060 g/mol. The van der Waals surface area contributed by atoms with Crippen molar-refractivity contribution in [2.45, 2.75) is 180 Å². The lowest BCUT2D eigenvalue weighted by atomic mass is 9.78. The lowest BCUT2D eigenvalue weighted by Gasteiger charge is -2.43. The van der Waals surface area contributed by atoms with Crippen LogP contribution in [0.2, 0.25) is 0 Å². The number of esters is 1. The van der Waals surface area contributed by atoms with Crippen molar-refractivity contribution in [1.29, 1.82) is 0 Å². The van der Waals surface area contributed by atoms with Crippen molar-refractivity contribution in [2.24, 2.45) is 35.5 Å². The van der Waals surface area contributed by atoms with Crippen LogP contribution in [0.5, 0.6) is 5.75 Å². The molecule has 1 amide bonds. The van der Waals surface area contributed by atoms with Crippen LogP contribution in [0, 0.1) is 35.5 Å². The minimum atomic E-state index is -2.49. The summed E-state index contributed by atoms with van der Waals surface area (Å²) in [7, 11) is 3.01. The molecule has 424 valence electrons. The van der Waals surface area contributed by atoms with Crippen LogP contribution < -0.4 is 4.74 Å². The van der Waals surface area contributed by atoms with E-state index in [4.69, 9.17) is 33.2 Å². The number of aliphatic hydroxyl groups is 3. The van der Waals surface area contributed by atoms with Crippen molar-refractivity contribution < 1.29 is 72.5 Å². The largest absolute Gasteiger partial charge is 0.491 e. The Bertz CT molecular complexity index is 2160. The van der Waals surface area contributed by atoms with Gasteiger partial charge in [-0.15, -0.1) is 0 Å². The van der Waals surface area contributed by atoms with Crippen LogP contribution in [0.15, 0.2) is 77.9 Å². The zero-order valence-corrected chi connectivity index (χ0v) is 46.6. The van der Waals surface area contributed by atoms with Gasteiger partial charge in [0.1, 0.15) is 42.5 Å². The summed E-state index contributed by atoms with van der Waals surface area (Å²) in [6.07, 6.45) is 11.5. The number of benzene rings is 1. The van der Waals surface area contributed by atoms with Crippen LogP contribution in [0.4, 0.5) is 0 Å². The number of hydrogen-bond donors (Lipinski definition) is 3. The summed E-state index contributed by atoms with van der Waals surface area (Å²) in [5.41, 5.74) is 1.22. The average Bonchev–Trinajstić information content (AvgIpc) is 3.41. The van der Waals surface area contributed by atoms with Crippen molar-refractivity contribution in [3.05, 3.63) is 77.9 Å². The molecular weight excluding hydrogens is 975 g/mol. The van der Waals surface area contributed by atoms with Crippen molar-refractivity contribution >= 4 is 29.2 Å². The minimum absolute atomic E-state index is 0.0129. The number of ketones is 3. The second kappa shape index (κ2) is 30.7. The quantitative estimate of drug-likeness (QED) is 0.0749. The van der Waals surface area contributed by atoms with Gasteiger partial charge in [0.25, 0.3) is 11.7 Å². The first-order chi connectivity index (χ1) is 36.3. The standard InChI is InChI=1S/C60H89NO15/c1-38-18-12-10-13-19-39(2)51(74-31-30-72-46-20-14-11-15-21-46)36-47-25-23-44(7)60(69,76-47)57(66)58(67)61-27-17-16-22-48(61)59(68)75-52(41(4)34-45-24-26-50(73-29-28-62)53(35-45)70-8)37-49(63)40(3)33-43(6)55(65)56(71-9)54(64)42(5)32-38/h10-15,18-21,33,38,40-42,44-45,47-48,50-53,55-56,62,65,69H,16-17,22-32,34-37H2,1-9H3/b13-10+,18-12+,39-19+,43-33+/t38-,40-,41-,42-,44-,45+,47+,48+,50-,51?,52+,53-,55-,56+,60-/m1/s1. The summed E-state index contributed by atoms with van der Waals surface area (Å²) in [5, 5.41) is 33.2. The van der Waals surface area contributed by atoms with E-state index in [1.807, 2.05) is 88.4 Å². The highest BCUT2D eigenvalue weighted by molar-refractivity contribution is 6.39. The fourth-order valence-electron chi connectivity index (χ4n) is 11.3. The monoisotopic (exact) mass is 1060 g/mol.